The first kappa shape index (κ1) is 10.8. The van der Waals surface area contributed by atoms with Crippen LogP contribution in [0.3, 0.4) is 0 Å². The summed E-state index contributed by atoms with van der Waals surface area (Å²) in [4.78, 5) is 0. The molecule has 0 saturated carbocycles. The third kappa shape index (κ3) is 4.01. The number of hydrogen-bond donors (Lipinski definition) is 4. The molecule has 52 valence electrons. The second-order valence-electron chi connectivity index (χ2n) is 1.71. The zero-order valence-corrected chi connectivity index (χ0v) is 5.17. The minimum absolute atomic E-state index is 0. The largest absolute Gasteiger partial charge is 0.395 e. The van der Waals surface area contributed by atoms with E-state index in [1.807, 2.05) is 0 Å². The molecular formula is C4H15N3O. The monoisotopic (exact) mass is 121 g/mol. The minimum atomic E-state index is -0.264. The third-order valence-corrected chi connectivity index (χ3v) is 0.886. The maximum absolute atomic E-state index is 8.30. The van der Waals surface area contributed by atoms with Crippen LogP contribution < -0.4 is 17.6 Å². The summed E-state index contributed by atoms with van der Waals surface area (Å²) in [5, 5.41) is 8.30. The molecule has 8 N–H and O–H groups in total. The Morgan fingerprint density at radius 1 is 1.50 bits per heavy atom. The second kappa shape index (κ2) is 4.99. The topological polar surface area (TPSA) is 107 Å². The molecular weight excluding hydrogens is 106 g/mol. The van der Waals surface area contributed by atoms with Crippen molar-refractivity contribution in [1.29, 1.82) is 0 Å². The highest BCUT2D eigenvalue weighted by Crippen LogP contribution is 1.79. The van der Waals surface area contributed by atoms with E-state index in [1.54, 1.807) is 6.92 Å². The van der Waals surface area contributed by atoms with Crippen LogP contribution in [0.5, 0.6) is 0 Å². The van der Waals surface area contributed by atoms with E-state index in [2.05, 4.69) is 0 Å². The predicted molar refractivity (Wildman–Crippen MR) is 33.7 cm³/mol. The first-order chi connectivity index (χ1) is 3.18. The minimum Gasteiger partial charge on any atom is -0.395 e. The van der Waals surface area contributed by atoms with Crippen molar-refractivity contribution in [3.63, 3.8) is 0 Å². The molecule has 4 heteroatoms. The van der Waals surface area contributed by atoms with Crippen molar-refractivity contribution < 1.29 is 5.11 Å². The van der Waals surface area contributed by atoms with Crippen molar-refractivity contribution in [1.82, 2.24) is 6.15 Å². The van der Waals surface area contributed by atoms with E-state index in [9.17, 15) is 0 Å². The predicted octanol–water partition coefficient (Wildman–Crippen LogP) is -1.18. The number of rotatable bonds is 2. The van der Waals surface area contributed by atoms with Gasteiger partial charge in [-0.1, -0.05) is 0 Å². The fraction of sp³-hybridized carbons (Fsp3) is 1.00. The van der Waals surface area contributed by atoms with Gasteiger partial charge in [-0.25, -0.2) is 0 Å². The van der Waals surface area contributed by atoms with Gasteiger partial charge in [-0.05, 0) is 6.92 Å². The second-order valence-corrected chi connectivity index (χ2v) is 1.71. The molecule has 4 nitrogen and oxygen atoms in total. The van der Waals surface area contributed by atoms with Crippen molar-refractivity contribution in [2.75, 3.05) is 6.61 Å². The fourth-order valence-electron chi connectivity index (χ4n) is 0.166. The molecule has 0 aliphatic rings. The summed E-state index contributed by atoms with van der Waals surface area (Å²) in [5.74, 6) is 0. The lowest BCUT2D eigenvalue weighted by atomic mass is 10.2. The summed E-state index contributed by atoms with van der Waals surface area (Å²) in [6, 6.07) is -0.370. The first-order valence-electron chi connectivity index (χ1n) is 2.30. The Bertz CT molecular complexity index is 48.5. The summed E-state index contributed by atoms with van der Waals surface area (Å²) in [7, 11) is 0. The normalized spacial score (nSPS) is 16.5. The quantitative estimate of drug-likeness (QED) is 0.368. The molecule has 0 fully saturated rings. The Hall–Kier alpha value is -0.160. The van der Waals surface area contributed by atoms with E-state index in [0.29, 0.717) is 0 Å². The van der Waals surface area contributed by atoms with Crippen LogP contribution in [0, 0.1) is 0 Å². The number of nitrogens with two attached hydrogens (primary N) is 2. The number of aliphatic hydroxyl groups is 1. The van der Waals surface area contributed by atoms with E-state index in [-0.39, 0.29) is 24.8 Å². The SMILES string of the molecule is CC(N)C(N)CO.N. The van der Waals surface area contributed by atoms with Gasteiger partial charge in [-0.15, -0.1) is 0 Å². The molecule has 0 aromatic rings. The van der Waals surface area contributed by atoms with Crippen molar-refractivity contribution >= 4 is 0 Å². The van der Waals surface area contributed by atoms with E-state index in [0.717, 1.165) is 0 Å². The lowest BCUT2D eigenvalue weighted by molar-refractivity contribution is 0.253. The molecule has 2 atom stereocenters. The molecule has 2 unspecified atom stereocenters. The smallest absolute Gasteiger partial charge is 0.0597 e. The Balaban J connectivity index is 0. The van der Waals surface area contributed by atoms with Crippen LogP contribution in [0.25, 0.3) is 0 Å². The molecule has 0 heterocycles. The van der Waals surface area contributed by atoms with Crippen LogP contribution >= 0.6 is 0 Å². The van der Waals surface area contributed by atoms with Crippen molar-refractivity contribution in [2.45, 2.75) is 19.0 Å². The highest BCUT2D eigenvalue weighted by Gasteiger charge is 2.03. The lowest BCUT2D eigenvalue weighted by Gasteiger charge is -2.10. The highest BCUT2D eigenvalue weighted by atomic mass is 16.3. The van der Waals surface area contributed by atoms with Gasteiger partial charge in [0.15, 0.2) is 0 Å². The molecule has 0 radical (unpaired) electrons. The summed E-state index contributed by atoms with van der Waals surface area (Å²) in [6.07, 6.45) is 0. The van der Waals surface area contributed by atoms with Gasteiger partial charge in [0.2, 0.25) is 0 Å². The molecule has 0 aliphatic heterocycles. The molecule has 0 saturated heterocycles. The van der Waals surface area contributed by atoms with E-state index < -0.39 is 0 Å². The van der Waals surface area contributed by atoms with Crippen LogP contribution in [0.4, 0.5) is 0 Å². The summed E-state index contributed by atoms with van der Waals surface area (Å²) in [6.45, 7) is 1.73. The Labute approximate surface area is 49.4 Å². The van der Waals surface area contributed by atoms with E-state index in [4.69, 9.17) is 16.6 Å². The zero-order chi connectivity index (χ0) is 5.86. The van der Waals surface area contributed by atoms with E-state index >= 15 is 0 Å². The molecule has 0 spiro atoms. The summed E-state index contributed by atoms with van der Waals surface area (Å²) < 4.78 is 0. The van der Waals surface area contributed by atoms with Crippen molar-refractivity contribution in [3.05, 3.63) is 0 Å². The van der Waals surface area contributed by atoms with Crippen LogP contribution in [-0.4, -0.2) is 23.8 Å². The van der Waals surface area contributed by atoms with Crippen molar-refractivity contribution in [3.8, 4) is 0 Å². The molecule has 0 aliphatic carbocycles. The van der Waals surface area contributed by atoms with Crippen LogP contribution in [0.2, 0.25) is 0 Å². The van der Waals surface area contributed by atoms with Gasteiger partial charge >= 0.3 is 0 Å². The Kier molecular flexibility index (Phi) is 6.70. The molecule has 0 amide bonds. The van der Waals surface area contributed by atoms with Gasteiger partial charge in [-0.3, -0.25) is 0 Å². The average Bonchev–Trinajstić information content (AvgIpc) is 1.65. The average molecular weight is 121 g/mol. The zero-order valence-electron chi connectivity index (χ0n) is 5.17. The first-order valence-corrected chi connectivity index (χ1v) is 2.30. The summed E-state index contributed by atoms with van der Waals surface area (Å²) in [5.41, 5.74) is 10.5. The maximum Gasteiger partial charge on any atom is 0.0597 e. The molecule has 0 rings (SSSR count). The molecule has 8 heavy (non-hydrogen) atoms. The van der Waals surface area contributed by atoms with E-state index in [1.165, 1.54) is 0 Å². The van der Waals surface area contributed by atoms with Crippen molar-refractivity contribution in [2.24, 2.45) is 11.5 Å². The highest BCUT2D eigenvalue weighted by molar-refractivity contribution is 4.68. The van der Waals surface area contributed by atoms with Gasteiger partial charge in [0.25, 0.3) is 0 Å². The Morgan fingerprint density at radius 3 is 1.88 bits per heavy atom. The van der Waals surface area contributed by atoms with Gasteiger partial charge < -0.3 is 22.7 Å². The number of hydrogen-bond acceptors (Lipinski definition) is 4. The van der Waals surface area contributed by atoms with Gasteiger partial charge in [0, 0.05) is 12.1 Å². The van der Waals surface area contributed by atoms with Crippen LogP contribution in [-0.2, 0) is 0 Å². The lowest BCUT2D eigenvalue weighted by Crippen LogP contribution is -2.41. The summed E-state index contributed by atoms with van der Waals surface area (Å²) >= 11 is 0. The maximum atomic E-state index is 8.30. The van der Waals surface area contributed by atoms with Crippen LogP contribution in [0.1, 0.15) is 6.92 Å². The third-order valence-electron chi connectivity index (χ3n) is 0.886. The van der Waals surface area contributed by atoms with Crippen LogP contribution in [0.15, 0.2) is 0 Å². The number of aliphatic hydroxyl groups excluding tert-OH is 1. The standard InChI is InChI=1S/C4H12N2O.H3N/c1-3(5)4(6)2-7;/h3-4,7H,2,5-6H2,1H3;1H3. The Morgan fingerprint density at radius 2 is 1.88 bits per heavy atom. The molecule has 0 aromatic carbocycles. The van der Waals surface area contributed by atoms with Gasteiger partial charge in [0.05, 0.1) is 6.61 Å². The van der Waals surface area contributed by atoms with Gasteiger partial charge in [-0.2, -0.15) is 0 Å². The molecule has 0 bridgehead atoms. The fourth-order valence-corrected chi connectivity index (χ4v) is 0.166. The molecule has 0 aromatic heterocycles. The van der Waals surface area contributed by atoms with Gasteiger partial charge in [0.1, 0.15) is 0 Å².